The second kappa shape index (κ2) is 4.67. The maximum Gasteiger partial charge on any atom is 0.0273 e. The van der Waals surface area contributed by atoms with Crippen molar-refractivity contribution in [2.24, 2.45) is 4.99 Å². The fourth-order valence-electron chi connectivity index (χ4n) is 0.972. The van der Waals surface area contributed by atoms with Crippen LogP contribution >= 0.6 is 0 Å². The Kier molecular flexibility index (Phi) is 3.39. The number of hydrogen-bond donors (Lipinski definition) is 0. The molecular weight excluding hydrogens is 134 g/mol. The van der Waals surface area contributed by atoms with Crippen LogP contribution in [0.15, 0.2) is 40.9 Å². The highest BCUT2D eigenvalue weighted by Gasteiger charge is 1.89. The van der Waals surface area contributed by atoms with Crippen LogP contribution in [0.3, 0.4) is 0 Å². The molecule has 0 amide bonds. The summed E-state index contributed by atoms with van der Waals surface area (Å²) < 4.78 is 0. The number of nitrogens with zero attached hydrogens (tertiary/aromatic N) is 1. The number of rotatable bonds is 2. The Morgan fingerprint density at radius 1 is 1.55 bits per heavy atom. The molecule has 11 heavy (non-hydrogen) atoms. The van der Waals surface area contributed by atoms with Crippen molar-refractivity contribution in [1.82, 2.24) is 0 Å². The van der Waals surface area contributed by atoms with Crippen molar-refractivity contribution >= 4 is 6.21 Å². The van der Waals surface area contributed by atoms with Gasteiger partial charge in [-0.1, -0.05) is 30.4 Å². The molecule has 58 valence electrons. The average Bonchev–Trinajstić information content (AvgIpc) is 2.28. The highest BCUT2D eigenvalue weighted by Crippen LogP contribution is 2.07. The molecule has 0 aromatic carbocycles. The van der Waals surface area contributed by atoms with Crippen molar-refractivity contribution in [3.8, 4) is 0 Å². The molecular formula is C10H13N. The van der Waals surface area contributed by atoms with Gasteiger partial charge in [0, 0.05) is 19.7 Å². The minimum absolute atomic E-state index is 0.953. The van der Waals surface area contributed by atoms with Crippen molar-refractivity contribution in [1.29, 1.82) is 0 Å². The zero-order chi connectivity index (χ0) is 7.94. The van der Waals surface area contributed by atoms with Crippen molar-refractivity contribution < 1.29 is 0 Å². The second-order valence-electron chi connectivity index (χ2n) is 2.45. The largest absolute Gasteiger partial charge is 0.301 e. The Bertz CT molecular complexity index is 219. The minimum Gasteiger partial charge on any atom is -0.301 e. The molecule has 0 saturated carbocycles. The van der Waals surface area contributed by atoms with Crippen molar-refractivity contribution in [2.75, 3.05) is 7.05 Å². The van der Waals surface area contributed by atoms with E-state index in [2.05, 4.69) is 35.4 Å². The molecule has 0 fully saturated rings. The molecule has 0 aromatic rings. The lowest BCUT2D eigenvalue weighted by Crippen LogP contribution is -1.79. The zero-order valence-electron chi connectivity index (χ0n) is 6.83. The SMILES string of the molecule is CN=CCC1=CCC=CC=C1. The standard InChI is InChI=1S/C10H13N/c1-11-9-8-10-6-4-2-3-5-7-10/h2-4,6-7,9H,5,8H2,1H3. The fraction of sp³-hybridized carbons (Fsp3) is 0.300. The van der Waals surface area contributed by atoms with Crippen LogP contribution in [0, 0.1) is 0 Å². The zero-order valence-corrected chi connectivity index (χ0v) is 6.83. The number of hydrogen-bond acceptors (Lipinski definition) is 1. The third-order valence-corrected chi connectivity index (χ3v) is 1.58. The van der Waals surface area contributed by atoms with Crippen LogP contribution in [0.25, 0.3) is 0 Å². The average molecular weight is 147 g/mol. The van der Waals surface area contributed by atoms with E-state index in [0.717, 1.165) is 12.8 Å². The first-order valence-corrected chi connectivity index (χ1v) is 3.86. The normalized spacial score (nSPS) is 17.0. The van der Waals surface area contributed by atoms with Crippen molar-refractivity contribution in [3.05, 3.63) is 36.0 Å². The van der Waals surface area contributed by atoms with Gasteiger partial charge in [-0.2, -0.15) is 0 Å². The van der Waals surface area contributed by atoms with Crippen LogP contribution in [0.2, 0.25) is 0 Å². The fourth-order valence-corrected chi connectivity index (χ4v) is 0.972. The van der Waals surface area contributed by atoms with E-state index in [0.29, 0.717) is 0 Å². The Hall–Kier alpha value is -1.11. The van der Waals surface area contributed by atoms with Gasteiger partial charge in [0.15, 0.2) is 0 Å². The molecule has 0 aromatic heterocycles. The summed E-state index contributed by atoms with van der Waals surface area (Å²) in [7, 11) is 1.80. The minimum atomic E-state index is 0.953. The summed E-state index contributed by atoms with van der Waals surface area (Å²) in [6, 6.07) is 0. The highest BCUT2D eigenvalue weighted by atomic mass is 14.6. The summed E-state index contributed by atoms with van der Waals surface area (Å²) in [5.41, 5.74) is 1.35. The smallest absolute Gasteiger partial charge is 0.0273 e. The van der Waals surface area contributed by atoms with E-state index in [9.17, 15) is 0 Å². The molecule has 0 atom stereocenters. The van der Waals surface area contributed by atoms with Crippen LogP contribution in [0.4, 0.5) is 0 Å². The van der Waals surface area contributed by atoms with E-state index in [-0.39, 0.29) is 0 Å². The topological polar surface area (TPSA) is 12.4 Å². The predicted molar refractivity (Wildman–Crippen MR) is 50.0 cm³/mol. The second-order valence-corrected chi connectivity index (χ2v) is 2.45. The van der Waals surface area contributed by atoms with E-state index in [1.54, 1.807) is 7.05 Å². The van der Waals surface area contributed by atoms with E-state index >= 15 is 0 Å². The first-order valence-electron chi connectivity index (χ1n) is 3.86. The third-order valence-electron chi connectivity index (χ3n) is 1.58. The monoisotopic (exact) mass is 147 g/mol. The third kappa shape index (κ3) is 2.99. The van der Waals surface area contributed by atoms with Gasteiger partial charge in [-0.15, -0.1) is 0 Å². The van der Waals surface area contributed by atoms with E-state index < -0.39 is 0 Å². The van der Waals surface area contributed by atoms with E-state index in [4.69, 9.17) is 0 Å². The molecule has 0 saturated heterocycles. The molecule has 0 heterocycles. The Labute approximate surface area is 67.8 Å². The van der Waals surface area contributed by atoms with E-state index in [1.807, 2.05) is 6.21 Å². The Morgan fingerprint density at radius 3 is 3.27 bits per heavy atom. The van der Waals surface area contributed by atoms with Gasteiger partial charge < -0.3 is 4.99 Å². The lowest BCUT2D eigenvalue weighted by atomic mass is 10.1. The number of aliphatic imine (C=N–C) groups is 1. The molecule has 1 heteroatoms. The van der Waals surface area contributed by atoms with Gasteiger partial charge in [-0.05, 0) is 12.0 Å². The summed E-state index contributed by atoms with van der Waals surface area (Å²) in [6.45, 7) is 0. The molecule has 0 radical (unpaired) electrons. The molecule has 0 unspecified atom stereocenters. The molecule has 1 aliphatic carbocycles. The van der Waals surface area contributed by atoms with Gasteiger partial charge in [0.1, 0.15) is 0 Å². The summed E-state index contributed by atoms with van der Waals surface area (Å²) in [6.07, 6.45) is 14.6. The highest BCUT2D eigenvalue weighted by molar-refractivity contribution is 5.62. The maximum absolute atomic E-state index is 3.94. The molecule has 1 nitrogen and oxygen atoms in total. The summed E-state index contributed by atoms with van der Waals surface area (Å²) in [5.74, 6) is 0. The van der Waals surface area contributed by atoms with Gasteiger partial charge in [0.25, 0.3) is 0 Å². The maximum atomic E-state index is 3.94. The molecule has 1 aliphatic rings. The van der Waals surface area contributed by atoms with Crippen molar-refractivity contribution in [3.63, 3.8) is 0 Å². The quantitative estimate of drug-likeness (QED) is 0.532. The van der Waals surface area contributed by atoms with Crippen LogP contribution in [0.5, 0.6) is 0 Å². The molecule has 0 aliphatic heterocycles. The Balaban J connectivity index is 2.51. The van der Waals surface area contributed by atoms with Gasteiger partial charge in [0.2, 0.25) is 0 Å². The van der Waals surface area contributed by atoms with Crippen LogP contribution in [0.1, 0.15) is 12.8 Å². The van der Waals surface area contributed by atoms with Gasteiger partial charge in [-0.3, -0.25) is 0 Å². The molecule has 1 rings (SSSR count). The van der Waals surface area contributed by atoms with Gasteiger partial charge >= 0.3 is 0 Å². The summed E-state index contributed by atoms with van der Waals surface area (Å²) >= 11 is 0. The first kappa shape index (κ1) is 7.99. The first-order chi connectivity index (χ1) is 5.43. The predicted octanol–water partition coefficient (Wildman–Crippen LogP) is 2.52. The van der Waals surface area contributed by atoms with Crippen LogP contribution in [-0.4, -0.2) is 13.3 Å². The van der Waals surface area contributed by atoms with Crippen molar-refractivity contribution in [2.45, 2.75) is 12.8 Å². The lowest BCUT2D eigenvalue weighted by molar-refractivity contribution is 1.28. The Morgan fingerprint density at radius 2 is 2.45 bits per heavy atom. The number of allylic oxidation sites excluding steroid dienone is 6. The van der Waals surface area contributed by atoms with Gasteiger partial charge in [0.05, 0.1) is 0 Å². The molecule has 0 spiro atoms. The lowest BCUT2D eigenvalue weighted by Gasteiger charge is -1.92. The van der Waals surface area contributed by atoms with Crippen LogP contribution in [-0.2, 0) is 0 Å². The van der Waals surface area contributed by atoms with Gasteiger partial charge in [-0.25, -0.2) is 0 Å². The van der Waals surface area contributed by atoms with E-state index in [1.165, 1.54) is 5.57 Å². The summed E-state index contributed by atoms with van der Waals surface area (Å²) in [5, 5.41) is 0. The molecule has 0 bridgehead atoms. The molecule has 0 N–H and O–H groups in total. The van der Waals surface area contributed by atoms with Crippen LogP contribution < -0.4 is 0 Å². The summed E-state index contributed by atoms with van der Waals surface area (Å²) in [4.78, 5) is 3.94.